The number of nitrogens with one attached hydrogen (secondary N) is 1. The predicted molar refractivity (Wildman–Crippen MR) is 107 cm³/mol. The molecular formula is C21H23FN4O3. The molecule has 1 amide bonds. The summed E-state index contributed by atoms with van der Waals surface area (Å²) in [5, 5.41) is 9.03. The molecule has 1 aliphatic heterocycles. The number of β-amino-alcohol motifs (C(OH)–C–C–N with tert-alkyl or cyclic N) is 1. The van der Waals surface area contributed by atoms with E-state index in [1.165, 1.54) is 6.07 Å². The molecule has 0 saturated carbocycles. The highest BCUT2D eigenvalue weighted by Gasteiger charge is 2.24. The van der Waals surface area contributed by atoms with E-state index in [1.54, 1.807) is 46.0 Å². The summed E-state index contributed by atoms with van der Waals surface area (Å²) in [7, 11) is 0. The lowest BCUT2D eigenvalue weighted by atomic mass is 10.0. The van der Waals surface area contributed by atoms with E-state index < -0.39 is 5.82 Å². The normalized spacial score (nSPS) is 15.2. The molecule has 2 aromatic heterocycles. The van der Waals surface area contributed by atoms with Crippen LogP contribution in [0.2, 0.25) is 0 Å². The van der Waals surface area contributed by atoms with Crippen molar-refractivity contribution in [3.05, 3.63) is 75.7 Å². The van der Waals surface area contributed by atoms with E-state index in [1.807, 2.05) is 0 Å². The number of aromatic nitrogens is 2. The lowest BCUT2D eigenvalue weighted by Gasteiger charge is -2.34. The Morgan fingerprint density at radius 2 is 1.97 bits per heavy atom. The van der Waals surface area contributed by atoms with Gasteiger partial charge in [-0.2, -0.15) is 0 Å². The molecule has 0 spiro atoms. The van der Waals surface area contributed by atoms with Crippen molar-refractivity contribution < 1.29 is 14.3 Å². The molecule has 0 atom stereocenters. The molecule has 3 heterocycles. The van der Waals surface area contributed by atoms with Crippen molar-refractivity contribution in [1.82, 2.24) is 19.2 Å². The highest BCUT2D eigenvalue weighted by molar-refractivity contribution is 5.94. The molecule has 1 aromatic carbocycles. The largest absolute Gasteiger partial charge is 0.395 e. The highest BCUT2D eigenvalue weighted by atomic mass is 19.1. The number of carbonyl (C=O) groups excluding carboxylic acids is 1. The van der Waals surface area contributed by atoms with Crippen molar-refractivity contribution in [1.29, 1.82) is 0 Å². The molecule has 1 fully saturated rings. The molecule has 1 aliphatic rings. The first-order chi connectivity index (χ1) is 14.1. The minimum absolute atomic E-state index is 0.0614. The van der Waals surface area contributed by atoms with Crippen LogP contribution in [0.5, 0.6) is 0 Å². The number of amides is 1. The number of H-pyrrole nitrogens is 1. The summed E-state index contributed by atoms with van der Waals surface area (Å²) in [6, 6.07) is 8.11. The first-order valence-electron chi connectivity index (χ1n) is 9.65. The molecule has 29 heavy (non-hydrogen) atoms. The van der Waals surface area contributed by atoms with Crippen LogP contribution < -0.4 is 5.56 Å². The van der Waals surface area contributed by atoms with Crippen LogP contribution in [-0.4, -0.2) is 69.5 Å². The van der Waals surface area contributed by atoms with Crippen molar-refractivity contribution in [2.45, 2.75) is 6.42 Å². The number of hydrogen-bond acceptors (Lipinski definition) is 4. The maximum absolute atomic E-state index is 14.4. The second-order valence-corrected chi connectivity index (χ2v) is 7.22. The summed E-state index contributed by atoms with van der Waals surface area (Å²) in [5.41, 5.74) is 2.06. The summed E-state index contributed by atoms with van der Waals surface area (Å²) in [5.74, 6) is -0.857. The van der Waals surface area contributed by atoms with Crippen LogP contribution in [0.4, 0.5) is 4.39 Å². The quantitative estimate of drug-likeness (QED) is 0.675. The van der Waals surface area contributed by atoms with Gasteiger partial charge in [-0.15, -0.1) is 0 Å². The Morgan fingerprint density at radius 1 is 1.17 bits per heavy atom. The standard InChI is InChI=1S/C21H23FN4O3/c22-18-4-3-15(12-16-14-23-20(28)19-2-1-5-26(16)19)13-17(18)21(29)25-8-6-24(7-9-25)10-11-27/h1-5,13-14,27H,6-12H2,(H,23,28). The fraction of sp³-hybridized carbons (Fsp3) is 0.333. The zero-order chi connectivity index (χ0) is 20.4. The number of halogens is 1. The third-order valence-electron chi connectivity index (χ3n) is 5.38. The first kappa shape index (κ1) is 19.4. The maximum atomic E-state index is 14.4. The number of nitrogens with zero attached hydrogens (tertiary/aromatic N) is 3. The molecule has 4 rings (SSSR count). The Kier molecular flexibility index (Phi) is 5.46. The SMILES string of the molecule is O=C(c1cc(Cc2c[nH]c(=O)c3cccn23)ccc1F)N1CCN(CCO)CC1. The molecule has 0 bridgehead atoms. The molecule has 0 radical (unpaired) electrons. The van der Waals surface area contributed by atoms with Crippen molar-refractivity contribution >= 4 is 11.4 Å². The number of piperazine rings is 1. The van der Waals surface area contributed by atoms with Crippen molar-refractivity contribution in [3.8, 4) is 0 Å². The van der Waals surface area contributed by atoms with Crippen LogP contribution in [0.1, 0.15) is 21.6 Å². The smallest absolute Gasteiger partial charge is 0.272 e. The molecule has 8 heteroatoms. The van der Waals surface area contributed by atoms with Gasteiger partial charge in [0.25, 0.3) is 11.5 Å². The number of rotatable bonds is 5. The van der Waals surface area contributed by atoms with Gasteiger partial charge in [-0.05, 0) is 29.8 Å². The van der Waals surface area contributed by atoms with E-state index in [0.717, 1.165) is 11.3 Å². The minimum atomic E-state index is -0.538. The Bertz CT molecular complexity index is 1080. The number of benzene rings is 1. The van der Waals surface area contributed by atoms with E-state index >= 15 is 0 Å². The molecule has 152 valence electrons. The van der Waals surface area contributed by atoms with Crippen LogP contribution >= 0.6 is 0 Å². The summed E-state index contributed by atoms with van der Waals surface area (Å²) in [6.45, 7) is 3.01. The van der Waals surface area contributed by atoms with Gasteiger partial charge < -0.3 is 19.4 Å². The van der Waals surface area contributed by atoms with Crippen LogP contribution in [0.25, 0.3) is 5.52 Å². The zero-order valence-electron chi connectivity index (χ0n) is 16.0. The van der Waals surface area contributed by atoms with Crippen LogP contribution in [-0.2, 0) is 6.42 Å². The van der Waals surface area contributed by atoms with Crippen LogP contribution in [0.15, 0.2) is 47.5 Å². The van der Waals surface area contributed by atoms with Gasteiger partial charge in [-0.3, -0.25) is 14.5 Å². The number of aromatic amines is 1. The molecular weight excluding hydrogens is 375 g/mol. The molecule has 0 unspecified atom stereocenters. The highest BCUT2D eigenvalue weighted by Crippen LogP contribution is 2.18. The topological polar surface area (TPSA) is 81.1 Å². The lowest BCUT2D eigenvalue weighted by molar-refractivity contribution is 0.0610. The monoisotopic (exact) mass is 398 g/mol. The van der Waals surface area contributed by atoms with Crippen molar-refractivity contribution in [2.24, 2.45) is 0 Å². The Balaban J connectivity index is 1.55. The molecule has 3 aromatic rings. The average Bonchev–Trinajstić information content (AvgIpc) is 3.23. The van der Waals surface area contributed by atoms with Gasteiger partial charge in [0.2, 0.25) is 0 Å². The van der Waals surface area contributed by atoms with Gasteiger partial charge in [-0.1, -0.05) is 6.07 Å². The van der Waals surface area contributed by atoms with Gasteiger partial charge in [0, 0.05) is 57.2 Å². The molecule has 1 saturated heterocycles. The van der Waals surface area contributed by atoms with E-state index in [0.29, 0.717) is 44.7 Å². The van der Waals surface area contributed by atoms with Crippen LogP contribution in [0, 0.1) is 5.82 Å². The van der Waals surface area contributed by atoms with Gasteiger partial charge in [0.05, 0.1) is 12.2 Å². The third-order valence-corrected chi connectivity index (χ3v) is 5.38. The van der Waals surface area contributed by atoms with Crippen molar-refractivity contribution in [2.75, 3.05) is 39.3 Å². The number of aliphatic hydroxyl groups is 1. The third kappa shape index (κ3) is 3.94. The molecule has 2 N–H and O–H groups in total. The summed E-state index contributed by atoms with van der Waals surface area (Å²) in [6.07, 6.45) is 3.90. The number of hydrogen-bond donors (Lipinski definition) is 2. The summed E-state index contributed by atoms with van der Waals surface area (Å²) >= 11 is 0. The van der Waals surface area contributed by atoms with Gasteiger partial charge in [-0.25, -0.2) is 4.39 Å². The number of carbonyl (C=O) groups is 1. The van der Waals surface area contributed by atoms with E-state index in [9.17, 15) is 14.0 Å². The Morgan fingerprint density at radius 3 is 2.72 bits per heavy atom. The van der Waals surface area contributed by atoms with Crippen LogP contribution in [0.3, 0.4) is 0 Å². The maximum Gasteiger partial charge on any atom is 0.272 e. The van der Waals surface area contributed by atoms with Crippen molar-refractivity contribution in [3.63, 3.8) is 0 Å². The van der Waals surface area contributed by atoms with Gasteiger partial charge in [0.15, 0.2) is 0 Å². The summed E-state index contributed by atoms with van der Waals surface area (Å²) in [4.78, 5) is 31.2. The average molecular weight is 398 g/mol. The van der Waals surface area contributed by atoms with Gasteiger partial charge >= 0.3 is 0 Å². The molecule has 0 aliphatic carbocycles. The fourth-order valence-corrected chi connectivity index (χ4v) is 3.79. The van der Waals surface area contributed by atoms with Gasteiger partial charge in [0.1, 0.15) is 11.3 Å². The number of aliphatic hydroxyl groups excluding tert-OH is 1. The second kappa shape index (κ2) is 8.18. The van der Waals surface area contributed by atoms with E-state index in [4.69, 9.17) is 5.11 Å². The number of fused-ring (bicyclic) bond motifs is 1. The lowest BCUT2D eigenvalue weighted by Crippen LogP contribution is -2.49. The van der Waals surface area contributed by atoms with E-state index in [-0.39, 0.29) is 23.6 Å². The zero-order valence-corrected chi connectivity index (χ0v) is 16.0. The molecule has 7 nitrogen and oxygen atoms in total. The Labute approximate surface area is 167 Å². The second-order valence-electron chi connectivity index (χ2n) is 7.22. The van der Waals surface area contributed by atoms with E-state index in [2.05, 4.69) is 9.88 Å². The Hall–Kier alpha value is -2.97. The minimum Gasteiger partial charge on any atom is -0.395 e. The summed E-state index contributed by atoms with van der Waals surface area (Å²) < 4.78 is 16.2. The first-order valence-corrected chi connectivity index (χ1v) is 9.65. The fourth-order valence-electron chi connectivity index (χ4n) is 3.79. The predicted octanol–water partition coefficient (Wildman–Crippen LogP) is 1.11.